The van der Waals surface area contributed by atoms with E-state index in [0.717, 1.165) is 41.3 Å². The van der Waals surface area contributed by atoms with Crippen molar-refractivity contribution in [3.63, 3.8) is 0 Å². The first-order valence-electron chi connectivity index (χ1n) is 9.80. The number of rotatable bonds is 4. The van der Waals surface area contributed by atoms with Crippen LogP contribution in [0.3, 0.4) is 0 Å². The molecule has 0 bridgehead atoms. The molecule has 0 saturated carbocycles. The van der Waals surface area contributed by atoms with Crippen LogP contribution in [0.2, 0.25) is 0 Å². The van der Waals surface area contributed by atoms with Crippen LogP contribution >= 0.6 is 11.8 Å². The Kier molecular flexibility index (Phi) is 5.35. The van der Waals surface area contributed by atoms with Crippen LogP contribution in [0.4, 0.5) is 0 Å². The number of tetrazole rings is 1. The molecule has 0 aliphatic carbocycles. The fourth-order valence-electron chi connectivity index (χ4n) is 3.85. The van der Waals surface area contributed by atoms with Crippen molar-refractivity contribution >= 4 is 22.7 Å². The van der Waals surface area contributed by atoms with Crippen LogP contribution in [0.5, 0.6) is 5.75 Å². The topological polar surface area (TPSA) is 90.1 Å². The molecule has 0 unspecified atom stereocenters. The number of hydrogen-bond acceptors (Lipinski definition) is 6. The van der Waals surface area contributed by atoms with Gasteiger partial charge in [0, 0.05) is 17.6 Å². The Morgan fingerprint density at radius 3 is 2.69 bits per heavy atom. The van der Waals surface area contributed by atoms with Crippen molar-refractivity contribution in [3.05, 3.63) is 46.0 Å². The summed E-state index contributed by atoms with van der Waals surface area (Å²) in [6.45, 7) is 8.14. The first-order valence-corrected chi connectivity index (χ1v) is 11.0. The Hall–Kier alpha value is -2.39. The average molecular weight is 416 g/mol. The Balaban J connectivity index is 1.89. The summed E-state index contributed by atoms with van der Waals surface area (Å²) < 4.78 is 7.14. The zero-order valence-electron chi connectivity index (χ0n) is 17.2. The molecule has 0 radical (unpaired) electrons. The van der Waals surface area contributed by atoms with Crippen LogP contribution in [0.15, 0.2) is 29.1 Å². The number of aromatic amines is 1. The monoisotopic (exact) mass is 415 g/mol. The lowest BCUT2D eigenvalue weighted by molar-refractivity contribution is -0.923. The van der Waals surface area contributed by atoms with Gasteiger partial charge in [-0.25, -0.2) is 4.68 Å². The highest BCUT2D eigenvalue weighted by Crippen LogP contribution is 2.24. The lowest BCUT2D eigenvalue weighted by Gasteiger charge is -2.32. The third kappa shape index (κ3) is 3.89. The predicted molar refractivity (Wildman–Crippen MR) is 114 cm³/mol. The van der Waals surface area contributed by atoms with Crippen molar-refractivity contribution < 1.29 is 9.64 Å². The van der Waals surface area contributed by atoms with Gasteiger partial charge in [-0.15, -0.1) is 5.10 Å². The van der Waals surface area contributed by atoms with Crippen LogP contribution in [0.1, 0.15) is 38.2 Å². The largest absolute Gasteiger partial charge is 0.497 e. The van der Waals surface area contributed by atoms with Gasteiger partial charge in [0.15, 0.2) is 6.04 Å². The number of H-pyrrole nitrogens is 1. The minimum Gasteiger partial charge on any atom is -0.497 e. The summed E-state index contributed by atoms with van der Waals surface area (Å²) >= 11 is 1.95. The van der Waals surface area contributed by atoms with Gasteiger partial charge in [-0.3, -0.25) is 4.79 Å². The maximum absolute atomic E-state index is 13.2. The van der Waals surface area contributed by atoms with Crippen molar-refractivity contribution in [3.8, 4) is 5.75 Å². The van der Waals surface area contributed by atoms with Crippen LogP contribution in [0, 0.1) is 0 Å². The summed E-state index contributed by atoms with van der Waals surface area (Å²) in [5.41, 5.74) is 1.07. The standard InChI is InChI=1S/C20H26N6O2S/c1-20(2,3)26-18(22-23-24-26)17(25-7-9-29-10-8-25)15-11-13-5-6-14(28-4)12-16(13)21-19(15)27/h5-6,11-12,17H,7-10H2,1-4H3,(H,21,27)/p+1/t17-/m0/s1. The fraction of sp³-hybridized carbons (Fsp3) is 0.500. The molecule has 9 heteroatoms. The number of hydrogen-bond donors (Lipinski definition) is 2. The third-order valence-corrected chi connectivity index (χ3v) is 6.31. The van der Waals surface area contributed by atoms with E-state index in [1.807, 2.05) is 40.7 Å². The second-order valence-corrected chi connectivity index (χ2v) is 9.56. The van der Waals surface area contributed by atoms with Crippen LogP contribution in [-0.2, 0) is 5.54 Å². The average Bonchev–Trinajstić information content (AvgIpc) is 3.19. The highest BCUT2D eigenvalue weighted by molar-refractivity contribution is 7.99. The first-order chi connectivity index (χ1) is 13.9. The summed E-state index contributed by atoms with van der Waals surface area (Å²) in [5, 5.41) is 13.6. The highest BCUT2D eigenvalue weighted by Gasteiger charge is 2.37. The second-order valence-electron chi connectivity index (χ2n) is 8.33. The number of benzene rings is 1. The molecule has 0 spiro atoms. The smallest absolute Gasteiger partial charge is 0.258 e. The Bertz CT molecular complexity index is 1060. The number of ether oxygens (including phenoxy) is 1. The van der Waals surface area contributed by atoms with Gasteiger partial charge in [0.05, 0.1) is 36.8 Å². The molecule has 0 amide bonds. The van der Waals surface area contributed by atoms with E-state index in [4.69, 9.17) is 4.74 Å². The van der Waals surface area contributed by atoms with Crippen LogP contribution in [0.25, 0.3) is 10.9 Å². The van der Waals surface area contributed by atoms with Gasteiger partial charge in [-0.05, 0) is 54.8 Å². The summed E-state index contributed by atoms with van der Waals surface area (Å²) in [5.74, 6) is 3.57. The molecule has 1 fully saturated rings. The molecule has 3 heterocycles. The fourth-order valence-corrected chi connectivity index (χ4v) is 4.87. The van der Waals surface area contributed by atoms with Crippen LogP contribution in [-0.4, -0.2) is 56.9 Å². The first kappa shape index (κ1) is 19.9. The zero-order valence-corrected chi connectivity index (χ0v) is 18.0. The Morgan fingerprint density at radius 1 is 1.24 bits per heavy atom. The van der Waals surface area contributed by atoms with E-state index >= 15 is 0 Å². The SMILES string of the molecule is COc1ccc2cc([C@@H](c3nnnn3C(C)(C)C)[NH+]3CCSCC3)c(=O)[nH]c2c1. The maximum Gasteiger partial charge on any atom is 0.258 e. The van der Waals surface area contributed by atoms with E-state index in [2.05, 4.69) is 41.3 Å². The van der Waals surface area contributed by atoms with Gasteiger partial charge in [0.25, 0.3) is 5.56 Å². The van der Waals surface area contributed by atoms with E-state index < -0.39 is 0 Å². The van der Waals surface area contributed by atoms with Crippen molar-refractivity contribution in [1.82, 2.24) is 25.2 Å². The minimum atomic E-state index is -0.280. The molecule has 1 aliphatic heterocycles. The van der Waals surface area contributed by atoms with E-state index in [-0.39, 0.29) is 17.1 Å². The molecule has 2 aromatic heterocycles. The maximum atomic E-state index is 13.2. The number of aromatic nitrogens is 5. The normalized spacial score (nSPS) is 16.8. The molecule has 1 saturated heterocycles. The number of quaternary nitrogens is 1. The molecule has 3 aromatic rings. The van der Waals surface area contributed by atoms with Crippen molar-refractivity contribution in [2.24, 2.45) is 0 Å². The molecular formula is C20H27N6O2S+. The molecule has 8 nitrogen and oxygen atoms in total. The van der Waals surface area contributed by atoms with Gasteiger partial charge in [0.1, 0.15) is 5.75 Å². The van der Waals surface area contributed by atoms with Crippen molar-refractivity contribution in [2.45, 2.75) is 32.4 Å². The van der Waals surface area contributed by atoms with Gasteiger partial charge in [0.2, 0.25) is 5.82 Å². The number of pyridine rings is 1. The zero-order chi connectivity index (χ0) is 20.6. The Morgan fingerprint density at radius 2 is 2.00 bits per heavy atom. The van der Waals surface area contributed by atoms with E-state index in [9.17, 15) is 4.79 Å². The highest BCUT2D eigenvalue weighted by atomic mass is 32.2. The lowest BCUT2D eigenvalue weighted by Crippen LogP contribution is -3.14. The molecule has 1 aliphatic rings. The van der Waals surface area contributed by atoms with E-state index in [1.165, 1.54) is 4.90 Å². The number of nitrogens with one attached hydrogen (secondary N) is 2. The summed E-state index contributed by atoms with van der Waals surface area (Å²) in [6.07, 6.45) is 0. The summed E-state index contributed by atoms with van der Waals surface area (Å²) in [6, 6.07) is 7.48. The minimum absolute atomic E-state index is 0.107. The quantitative estimate of drug-likeness (QED) is 0.661. The molecule has 154 valence electrons. The van der Waals surface area contributed by atoms with Gasteiger partial charge in [-0.1, -0.05) is 0 Å². The summed E-state index contributed by atoms with van der Waals surface area (Å²) in [4.78, 5) is 17.5. The van der Waals surface area contributed by atoms with Crippen molar-refractivity contribution in [1.29, 1.82) is 0 Å². The molecule has 1 atom stereocenters. The molecular weight excluding hydrogens is 388 g/mol. The molecule has 4 rings (SSSR count). The Labute approximate surface area is 173 Å². The van der Waals surface area contributed by atoms with Gasteiger partial charge >= 0.3 is 0 Å². The predicted octanol–water partition coefficient (Wildman–Crippen LogP) is 0.999. The van der Waals surface area contributed by atoms with E-state index in [0.29, 0.717) is 11.3 Å². The van der Waals surface area contributed by atoms with Crippen LogP contribution < -0.4 is 15.2 Å². The third-order valence-electron chi connectivity index (χ3n) is 5.32. The number of methoxy groups -OCH3 is 1. The number of nitrogens with zero attached hydrogens (tertiary/aromatic N) is 4. The number of thioether (sulfide) groups is 1. The van der Waals surface area contributed by atoms with E-state index in [1.54, 1.807) is 7.11 Å². The van der Waals surface area contributed by atoms with Crippen molar-refractivity contribution in [2.75, 3.05) is 31.7 Å². The lowest BCUT2D eigenvalue weighted by atomic mass is 10.0. The van der Waals surface area contributed by atoms with Gasteiger partial charge < -0.3 is 14.6 Å². The van der Waals surface area contributed by atoms with Gasteiger partial charge in [-0.2, -0.15) is 11.8 Å². The second kappa shape index (κ2) is 7.79. The summed E-state index contributed by atoms with van der Waals surface area (Å²) in [7, 11) is 1.62. The molecule has 29 heavy (non-hydrogen) atoms. The molecule has 2 N–H and O–H groups in total. The number of fused-ring (bicyclic) bond motifs is 1. The molecule has 1 aromatic carbocycles.